The predicted molar refractivity (Wildman–Crippen MR) is 127 cm³/mol. The molecule has 1 amide bonds. The Hall–Kier alpha value is -2.12. The first-order valence-corrected chi connectivity index (χ1v) is 12.1. The summed E-state index contributed by atoms with van der Waals surface area (Å²) in [6.07, 6.45) is 4.72. The molecule has 1 atom stereocenters. The fourth-order valence-electron chi connectivity index (χ4n) is 3.93. The molecule has 0 aliphatic carbocycles. The van der Waals surface area contributed by atoms with Gasteiger partial charge in [-0.15, -0.1) is 0 Å². The summed E-state index contributed by atoms with van der Waals surface area (Å²) in [5, 5.41) is 3.45. The van der Waals surface area contributed by atoms with E-state index in [0.29, 0.717) is 23.7 Å². The SMILES string of the molecule is CCCC(Sc1nc(C)c(Cc2ccccc2)c(=O)n1C)C(=O)NCCN1CCCC1. The third-order valence-electron chi connectivity index (χ3n) is 5.79. The second kappa shape index (κ2) is 11.5. The minimum absolute atomic E-state index is 0.0336. The molecule has 0 bridgehead atoms. The summed E-state index contributed by atoms with van der Waals surface area (Å²) in [5.74, 6) is 0.0336. The van der Waals surface area contributed by atoms with Crippen molar-refractivity contribution in [1.29, 1.82) is 0 Å². The average Bonchev–Trinajstić information content (AvgIpc) is 3.28. The molecule has 1 aliphatic heterocycles. The van der Waals surface area contributed by atoms with E-state index in [1.807, 2.05) is 37.3 Å². The third-order valence-corrected chi connectivity index (χ3v) is 7.10. The number of nitrogens with one attached hydrogen (secondary N) is 1. The smallest absolute Gasteiger partial charge is 0.257 e. The maximum Gasteiger partial charge on any atom is 0.257 e. The summed E-state index contributed by atoms with van der Waals surface area (Å²) < 4.78 is 1.59. The molecule has 7 heteroatoms. The van der Waals surface area contributed by atoms with Crippen molar-refractivity contribution >= 4 is 17.7 Å². The molecule has 2 aromatic rings. The molecule has 2 heterocycles. The molecule has 0 spiro atoms. The maximum absolute atomic E-state index is 13.0. The number of aryl methyl sites for hydroxylation is 1. The highest BCUT2D eigenvalue weighted by molar-refractivity contribution is 8.00. The summed E-state index contributed by atoms with van der Waals surface area (Å²) in [4.78, 5) is 33.0. The van der Waals surface area contributed by atoms with E-state index >= 15 is 0 Å². The summed E-state index contributed by atoms with van der Waals surface area (Å²) >= 11 is 1.40. The normalized spacial score (nSPS) is 15.2. The zero-order valence-corrected chi connectivity index (χ0v) is 19.7. The van der Waals surface area contributed by atoms with Crippen LogP contribution in [0.1, 0.15) is 49.4 Å². The Balaban J connectivity index is 1.69. The fraction of sp³-hybridized carbons (Fsp3) is 0.542. The number of likely N-dealkylation sites (tertiary alicyclic amines) is 1. The first-order valence-electron chi connectivity index (χ1n) is 11.3. The number of rotatable bonds is 10. The van der Waals surface area contributed by atoms with Crippen molar-refractivity contribution in [3.8, 4) is 0 Å². The van der Waals surface area contributed by atoms with Gasteiger partial charge >= 0.3 is 0 Å². The molecule has 168 valence electrons. The molecule has 1 unspecified atom stereocenters. The maximum atomic E-state index is 13.0. The number of carbonyl (C=O) groups is 1. The number of hydrogen-bond acceptors (Lipinski definition) is 5. The van der Waals surface area contributed by atoms with E-state index in [4.69, 9.17) is 4.98 Å². The molecule has 1 aromatic carbocycles. The summed E-state index contributed by atoms with van der Waals surface area (Å²) in [6.45, 7) is 7.79. The van der Waals surface area contributed by atoms with E-state index in [1.54, 1.807) is 11.6 Å². The Morgan fingerprint density at radius 2 is 1.94 bits per heavy atom. The van der Waals surface area contributed by atoms with Gasteiger partial charge in [0, 0.05) is 37.8 Å². The van der Waals surface area contributed by atoms with Crippen molar-refractivity contribution < 1.29 is 4.79 Å². The first-order chi connectivity index (χ1) is 15.0. The molecule has 1 fully saturated rings. The van der Waals surface area contributed by atoms with Gasteiger partial charge in [-0.2, -0.15) is 0 Å². The Morgan fingerprint density at radius 1 is 1.23 bits per heavy atom. The van der Waals surface area contributed by atoms with Gasteiger partial charge in [-0.3, -0.25) is 14.2 Å². The van der Waals surface area contributed by atoms with E-state index in [1.165, 1.54) is 24.6 Å². The number of hydrogen-bond donors (Lipinski definition) is 1. The summed E-state index contributed by atoms with van der Waals surface area (Å²) in [5.41, 5.74) is 2.49. The van der Waals surface area contributed by atoms with Crippen molar-refractivity contribution in [2.45, 2.75) is 56.4 Å². The highest BCUT2D eigenvalue weighted by Crippen LogP contribution is 2.25. The zero-order valence-electron chi connectivity index (χ0n) is 18.9. The molecule has 1 saturated heterocycles. The molecule has 6 nitrogen and oxygen atoms in total. The van der Waals surface area contributed by atoms with Crippen LogP contribution in [-0.4, -0.2) is 51.8 Å². The summed E-state index contributed by atoms with van der Waals surface area (Å²) in [7, 11) is 1.75. The van der Waals surface area contributed by atoms with E-state index in [0.717, 1.165) is 43.7 Å². The Labute approximate surface area is 189 Å². The van der Waals surface area contributed by atoms with Crippen LogP contribution < -0.4 is 10.9 Å². The molecule has 1 aliphatic rings. The lowest BCUT2D eigenvalue weighted by atomic mass is 10.1. The quantitative estimate of drug-likeness (QED) is 0.452. The molecule has 3 rings (SSSR count). The molecular formula is C24H34N4O2S. The highest BCUT2D eigenvalue weighted by atomic mass is 32.2. The third kappa shape index (κ3) is 6.43. The van der Waals surface area contributed by atoms with Crippen molar-refractivity contribution in [3.05, 3.63) is 57.5 Å². The molecule has 0 radical (unpaired) electrons. The van der Waals surface area contributed by atoms with Crippen LogP contribution in [0, 0.1) is 6.92 Å². The van der Waals surface area contributed by atoms with Crippen LogP contribution in [0.15, 0.2) is 40.3 Å². The number of aromatic nitrogens is 2. The Morgan fingerprint density at radius 3 is 2.61 bits per heavy atom. The van der Waals surface area contributed by atoms with Crippen LogP contribution >= 0.6 is 11.8 Å². The van der Waals surface area contributed by atoms with Crippen LogP contribution in [-0.2, 0) is 18.3 Å². The van der Waals surface area contributed by atoms with Gasteiger partial charge in [0.15, 0.2) is 5.16 Å². The highest BCUT2D eigenvalue weighted by Gasteiger charge is 2.23. The van der Waals surface area contributed by atoms with Crippen LogP contribution in [0.5, 0.6) is 0 Å². The zero-order chi connectivity index (χ0) is 22.2. The van der Waals surface area contributed by atoms with E-state index in [-0.39, 0.29) is 16.7 Å². The van der Waals surface area contributed by atoms with Crippen molar-refractivity contribution in [2.24, 2.45) is 7.05 Å². The lowest BCUT2D eigenvalue weighted by molar-refractivity contribution is -0.120. The number of thioether (sulfide) groups is 1. The lowest BCUT2D eigenvalue weighted by Gasteiger charge is -2.19. The van der Waals surface area contributed by atoms with Crippen molar-refractivity contribution in [2.75, 3.05) is 26.2 Å². The molecule has 1 N–H and O–H groups in total. The van der Waals surface area contributed by atoms with Gasteiger partial charge < -0.3 is 10.2 Å². The number of carbonyl (C=O) groups excluding carboxylic acids is 1. The minimum atomic E-state index is -0.249. The Bertz CT molecular complexity index is 923. The van der Waals surface area contributed by atoms with Gasteiger partial charge in [-0.25, -0.2) is 4.98 Å². The van der Waals surface area contributed by atoms with Crippen LogP contribution in [0.25, 0.3) is 0 Å². The van der Waals surface area contributed by atoms with Crippen LogP contribution in [0.3, 0.4) is 0 Å². The van der Waals surface area contributed by atoms with Gasteiger partial charge in [0.1, 0.15) is 0 Å². The molecule has 31 heavy (non-hydrogen) atoms. The largest absolute Gasteiger partial charge is 0.354 e. The van der Waals surface area contributed by atoms with E-state index < -0.39 is 0 Å². The molecule has 0 saturated carbocycles. The second-order valence-electron chi connectivity index (χ2n) is 8.22. The number of amides is 1. The molecule has 1 aromatic heterocycles. The van der Waals surface area contributed by atoms with E-state index in [2.05, 4.69) is 17.1 Å². The topological polar surface area (TPSA) is 67.2 Å². The van der Waals surface area contributed by atoms with Crippen molar-refractivity contribution in [1.82, 2.24) is 19.8 Å². The van der Waals surface area contributed by atoms with Crippen LogP contribution in [0.4, 0.5) is 0 Å². The standard InChI is InChI=1S/C24H34N4O2S/c1-4-10-21(22(29)25-13-16-28-14-8-9-15-28)31-24-26-18(2)20(23(30)27(24)3)17-19-11-6-5-7-12-19/h5-7,11-12,21H,4,8-10,13-17H2,1-3H3,(H,25,29). The van der Waals surface area contributed by atoms with Gasteiger partial charge in [0.05, 0.1) is 5.25 Å². The first kappa shape index (κ1) is 23.5. The second-order valence-corrected chi connectivity index (χ2v) is 9.39. The molecular weight excluding hydrogens is 408 g/mol. The van der Waals surface area contributed by atoms with Gasteiger partial charge in [-0.05, 0) is 44.8 Å². The predicted octanol–water partition coefficient (Wildman–Crippen LogP) is 3.15. The fourth-order valence-corrected chi connectivity index (χ4v) is 5.16. The van der Waals surface area contributed by atoms with Crippen molar-refractivity contribution in [3.63, 3.8) is 0 Å². The monoisotopic (exact) mass is 442 g/mol. The Kier molecular flexibility index (Phi) is 8.72. The minimum Gasteiger partial charge on any atom is -0.354 e. The van der Waals surface area contributed by atoms with Crippen LogP contribution in [0.2, 0.25) is 0 Å². The average molecular weight is 443 g/mol. The summed E-state index contributed by atoms with van der Waals surface area (Å²) in [6, 6.07) is 9.96. The number of nitrogens with zero attached hydrogens (tertiary/aromatic N) is 3. The lowest BCUT2D eigenvalue weighted by Crippen LogP contribution is -2.38. The van der Waals surface area contributed by atoms with Gasteiger partial charge in [0.25, 0.3) is 5.56 Å². The van der Waals surface area contributed by atoms with Gasteiger partial charge in [0.2, 0.25) is 5.91 Å². The van der Waals surface area contributed by atoms with Gasteiger partial charge in [-0.1, -0.05) is 55.4 Å². The number of benzene rings is 1. The van der Waals surface area contributed by atoms with E-state index in [9.17, 15) is 9.59 Å².